The van der Waals surface area contributed by atoms with E-state index in [4.69, 9.17) is 21.1 Å². The first-order chi connectivity index (χ1) is 18.2. The first-order valence-electron chi connectivity index (χ1n) is 11.8. The molecule has 1 unspecified atom stereocenters. The van der Waals surface area contributed by atoms with Gasteiger partial charge in [0.05, 0.1) is 5.56 Å². The fraction of sp³-hybridized carbons (Fsp3) is 0.138. The number of hydrogen-bond donors (Lipinski definition) is 0. The fourth-order valence-electron chi connectivity index (χ4n) is 5.76. The van der Waals surface area contributed by atoms with E-state index < -0.39 is 46.0 Å². The Hall–Kier alpha value is -4.04. The van der Waals surface area contributed by atoms with E-state index in [-0.39, 0.29) is 27.6 Å². The number of carbonyl (C=O) groups excluding carboxylic acids is 1. The van der Waals surface area contributed by atoms with E-state index >= 15 is 4.39 Å². The molecule has 190 valence electrons. The molecule has 38 heavy (non-hydrogen) atoms. The number of anilines is 2. The molecule has 0 saturated heterocycles. The standard InChI is InChI=1S/C29H16ClF4NO3/c1-13-2-7-19-14(10-13)8-9-35(19)16-4-6-18-21(12-16)37-20-11-15(30)3-5-17(20)29(18)23-22(28(36)38-29)24(31)26(33)27(34)25(23)32/h2-7,10-12H,8-9H2,1H3. The molecule has 0 N–H and O–H groups in total. The van der Waals surface area contributed by atoms with E-state index in [0.29, 0.717) is 6.54 Å². The third-order valence-electron chi connectivity index (χ3n) is 7.40. The smallest absolute Gasteiger partial charge is 0.343 e. The lowest BCUT2D eigenvalue weighted by Gasteiger charge is -2.37. The number of fused-ring (bicyclic) bond motifs is 7. The number of carbonyl (C=O) groups is 1. The van der Waals surface area contributed by atoms with Crippen molar-refractivity contribution in [2.24, 2.45) is 0 Å². The molecule has 1 atom stereocenters. The minimum atomic E-state index is -2.13. The van der Waals surface area contributed by atoms with Crippen LogP contribution in [0.3, 0.4) is 0 Å². The van der Waals surface area contributed by atoms with Crippen molar-refractivity contribution in [1.82, 2.24) is 0 Å². The van der Waals surface area contributed by atoms with Gasteiger partial charge in [-0.05, 0) is 55.3 Å². The average Bonchev–Trinajstić information content (AvgIpc) is 3.44. The maximum Gasteiger partial charge on any atom is 0.343 e. The number of hydrogen-bond acceptors (Lipinski definition) is 4. The van der Waals surface area contributed by atoms with E-state index in [1.54, 1.807) is 18.2 Å². The van der Waals surface area contributed by atoms with Gasteiger partial charge >= 0.3 is 5.97 Å². The molecule has 0 aliphatic carbocycles. The van der Waals surface area contributed by atoms with E-state index in [9.17, 15) is 18.0 Å². The molecule has 9 heteroatoms. The SMILES string of the molecule is Cc1ccc2c(c1)CCN2c1ccc2c(c1)Oc1cc(Cl)ccc1C21OC(=O)c2c(F)c(F)c(F)c(F)c21. The largest absolute Gasteiger partial charge is 0.456 e. The van der Waals surface area contributed by atoms with Crippen molar-refractivity contribution < 1.29 is 31.8 Å². The molecule has 3 aliphatic heterocycles. The molecule has 3 aliphatic rings. The topological polar surface area (TPSA) is 38.8 Å². The van der Waals surface area contributed by atoms with Crippen LogP contribution < -0.4 is 9.64 Å². The molecule has 0 radical (unpaired) electrons. The van der Waals surface area contributed by atoms with Gasteiger partial charge in [-0.1, -0.05) is 29.3 Å². The quantitative estimate of drug-likeness (QED) is 0.109. The van der Waals surface area contributed by atoms with Gasteiger partial charge in [-0.2, -0.15) is 0 Å². The van der Waals surface area contributed by atoms with Crippen LogP contribution in [0.15, 0.2) is 54.6 Å². The second kappa shape index (κ2) is 7.74. The highest BCUT2D eigenvalue weighted by molar-refractivity contribution is 6.30. The molecular formula is C29H16ClF4NO3. The Kier molecular flexibility index (Phi) is 4.70. The second-order valence-electron chi connectivity index (χ2n) is 9.53. The zero-order chi connectivity index (χ0) is 26.5. The van der Waals surface area contributed by atoms with Crippen molar-refractivity contribution in [2.75, 3.05) is 11.4 Å². The molecular weight excluding hydrogens is 522 g/mol. The average molecular weight is 538 g/mol. The Morgan fingerprint density at radius 1 is 0.868 bits per heavy atom. The van der Waals surface area contributed by atoms with E-state index in [0.717, 1.165) is 23.4 Å². The molecule has 0 amide bonds. The second-order valence-corrected chi connectivity index (χ2v) is 9.97. The number of nitrogens with zero attached hydrogens (tertiary/aromatic N) is 1. The van der Waals surface area contributed by atoms with Gasteiger partial charge in [0.2, 0.25) is 0 Å². The summed E-state index contributed by atoms with van der Waals surface area (Å²) in [6, 6.07) is 15.5. The van der Waals surface area contributed by atoms with Crippen molar-refractivity contribution in [3.63, 3.8) is 0 Å². The van der Waals surface area contributed by atoms with Crippen LogP contribution >= 0.6 is 11.6 Å². The zero-order valence-corrected chi connectivity index (χ0v) is 20.4. The van der Waals surface area contributed by atoms with Crippen LogP contribution in [0.4, 0.5) is 28.9 Å². The Morgan fingerprint density at radius 3 is 2.37 bits per heavy atom. The Bertz CT molecular complexity index is 1740. The van der Waals surface area contributed by atoms with Gasteiger partial charge in [0.1, 0.15) is 17.1 Å². The van der Waals surface area contributed by atoms with Crippen LogP contribution in [0.25, 0.3) is 0 Å². The minimum Gasteiger partial charge on any atom is -0.456 e. The van der Waals surface area contributed by atoms with Gasteiger partial charge in [0.25, 0.3) is 0 Å². The summed E-state index contributed by atoms with van der Waals surface area (Å²) >= 11 is 6.19. The summed E-state index contributed by atoms with van der Waals surface area (Å²) in [5.74, 6) is -8.71. The molecule has 1 spiro atoms. The Labute approximate surface area is 219 Å². The highest BCUT2D eigenvalue weighted by atomic mass is 35.5. The molecule has 0 bridgehead atoms. The molecule has 4 nitrogen and oxygen atoms in total. The van der Waals surface area contributed by atoms with Crippen LogP contribution in [0, 0.1) is 30.2 Å². The maximum absolute atomic E-state index is 15.4. The van der Waals surface area contributed by atoms with Gasteiger partial charge in [0, 0.05) is 40.1 Å². The monoisotopic (exact) mass is 537 g/mol. The van der Waals surface area contributed by atoms with Crippen LogP contribution in [-0.2, 0) is 16.8 Å². The van der Waals surface area contributed by atoms with Crippen LogP contribution in [0.5, 0.6) is 11.5 Å². The molecule has 0 aromatic heterocycles. The lowest BCUT2D eigenvalue weighted by molar-refractivity contribution is 0.0215. The molecule has 4 aromatic carbocycles. The first kappa shape index (κ1) is 23.1. The minimum absolute atomic E-state index is 0.0977. The van der Waals surface area contributed by atoms with Crippen molar-refractivity contribution in [3.8, 4) is 11.5 Å². The molecule has 3 heterocycles. The molecule has 0 fully saturated rings. The number of aryl methyl sites for hydroxylation is 1. The predicted octanol–water partition coefficient (Wildman–Crippen LogP) is 7.47. The van der Waals surface area contributed by atoms with Crippen LogP contribution in [0.1, 0.15) is 38.2 Å². The maximum atomic E-state index is 15.4. The van der Waals surface area contributed by atoms with Crippen molar-refractivity contribution >= 4 is 28.9 Å². The van der Waals surface area contributed by atoms with Gasteiger partial charge in [-0.25, -0.2) is 22.4 Å². The van der Waals surface area contributed by atoms with Gasteiger partial charge < -0.3 is 14.4 Å². The van der Waals surface area contributed by atoms with Crippen molar-refractivity contribution in [1.29, 1.82) is 0 Å². The molecule has 0 saturated carbocycles. The van der Waals surface area contributed by atoms with Gasteiger partial charge in [-0.3, -0.25) is 0 Å². The van der Waals surface area contributed by atoms with Crippen LogP contribution in [-0.4, -0.2) is 12.5 Å². The van der Waals surface area contributed by atoms with Gasteiger partial charge in [-0.15, -0.1) is 0 Å². The highest BCUT2D eigenvalue weighted by Gasteiger charge is 2.57. The normalized spacial score (nSPS) is 18.6. The summed E-state index contributed by atoms with van der Waals surface area (Å²) < 4.78 is 70.8. The van der Waals surface area contributed by atoms with E-state index in [1.165, 1.54) is 23.8 Å². The van der Waals surface area contributed by atoms with Crippen molar-refractivity contribution in [2.45, 2.75) is 18.9 Å². The zero-order valence-electron chi connectivity index (χ0n) is 19.7. The van der Waals surface area contributed by atoms with E-state index in [1.807, 2.05) is 19.1 Å². The summed E-state index contributed by atoms with van der Waals surface area (Å²) in [6.45, 7) is 2.72. The summed E-state index contributed by atoms with van der Waals surface area (Å²) in [7, 11) is 0. The number of halogens is 5. The fourth-order valence-corrected chi connectivity index (χ4v) is 5.92. The first-order valence-corrected chi connectivity index (χ1v) is 12.2. The summed E-state index contributed by atoms with van der Waals surface area (Å²) in [5.41, 5.74) is 0.459. The predicted molar refractivity (Wildman–Crippen MR) is 131 cm³/mol. The third kappa shape index (κ3) is 2.89. The molecule has 7 rings (SSSR count). The number of benzene rings is 4. The number of esters is 1. The summed E-state index contributed by atoms with van der Waals surface area (Å²) in [5, 5.41) is 0.267. The number of ether oxygens (including phenoxy) is 2. The number of rotatable bonds is 1. The lowest BCUT2D eigenvalue weighted by Crippen LogP contribution is -2.34. The van der Waals surface area contributed by atoms with Crippen molar-refractivity contribution in [3.05, 3.63) is 116 Å². The van der Waals surface area contributed by atoms with E-state index in [2.05, 4.69) is 11.0 Å². The highest BCUT2D eigenvalue weighted by Crippen LogP contribution is 2.58. The summed E-state index contributed by atoms with van der Waals surface area (Å²) in [4.78, 5) is 15.0. The van der Waals surface area contributed by atoms with Gasteiger partial charge in [0.15, 0.2) is 28.9 Å². The Morgan fingerprint density at radius 2 is 1.58 bits per heavy atom. The lowest BCUT2D eigenvalue weighted by atomic mass is 9.77. The third-order valence-corrected chi connectivity index (χ3v) is 7.63. The molecule has 4 aromatic rings. The van der Waals surface area contributed by atoms with Crippen LogP contribution in [0.2, 0.25) is 5.02 Å². The summed E-state index contributed by atoms with van der Waals surface area (Å²) in [6.07, 6.45) is 0.831. The Balaban J connectivity index is 1.49.